The van der Waals surface area contributed by atoms with Crippen molar-refractivity contribution in [3.8, 4) is 0 Å². The van der Waals surface area contributed by atoms with Crippen molar-refractivity contribution in [1.29, 1.82) is 0 Å². The van der Waals surface area contributed by atoms with Crippen LogP contribution in [0.4, 0.5) is 5.69 Å². The van der Waals surface area contributed by atoms with Crippen LogP contribution < -0.4 is 10.6 Å². The van der Waals surface area contributed by atoms with Gasteiger partial charge >= 0.3 is 0 Å². The van der Waals surface area contributed by atoms with Gasteiger partial charge in [0, 0.05) is 18.6 Å². The molecule has 1 aliphatic carbocycles. The average molecular weight is 442 g/mol. The van der Waals surface area contributed by atoms with Gasteiger partial charge in [-0.15, -0.1) is 0 Å². The molecule has 30 heavy (non-hydrogen) atoms. The van der Waals surface area contributed by atoms with Gasteiger partial charge in [-0.3, -0.25) is 19.6 Å². The number of nitrogens with zero attached hydrogens (tertiary/aromatic N) is 3. The van der Waals surface area contributed by atoms with Gasteiger partial charge < -0.3 is 10.6 Å². The fraction of sp³-hybridized carbons (Fsp3) is 0.190. The molecule has 0 saturated heterocycles. The van der Waals surface area contributed by atoms with Crippen LogP contribution in [0.3, 0.4) is 0 Å². The minimum atomic E-state index is -0.532. The van der Waals surface area contributed by atoms with Crippen LogP contribution in [0.15, 0.2) is 55.1 Å². The Hall–Kier alpha value is -3.03. The van der Waals surface area contributed by atoms with Crippen LogP contribution in [-0.2, 0) is 5.54 Å². The molecule has 2 amide bonds. The monoisotopic (exact) mass is 441 g/mol. The zero-order valence-electron chi connectivity index (χ0n) is 15.7. The summed E-state index contributed by atoms with van der Waals surface area (Å²) in [6.07, 6.45) is 8.47. The van der Waals surface area contributed by atoms with Gasteiger partial charge in [0.25, 0.3) is 11.8 Å². The number of carbonyl (C=O) groups excluding carboxylic acids is 2. The molecule has 0 radical (unpaired) electrons. The molecular weight excluding hydrogens is 425 g/mol. The van der Waals surface area contributed by atoms with Gasteiger partial charge in [-0.25, -0.2) is 4.98 Å². The summed E-state index contributed by atoms with van der Waals surface area (Å²) in [6, 6.07) is 8.32. The molecule has 3 aromatic rings. The van der Waals surface area contributed by atoms with E-state index in [4.69, 9.17) is 23.2 Å². The van der Waals surface area contributed by atoms with Crippen LogP contribution in [0, 0.1) is 0 Å². The highest BCUT2D eigenvalue weighted by Crippen LogP contribution is 2.40. The quantitative estimate of drug-likeness (QED) is 0.577. The lowest BCUT2D eigenvalue weighted by molar-refractivity contribution is 0.0816. The first-order chi connectivity index (χ1) is 14.4. The summed E-state index contributed by atoms with van der Waals surface area (Å²) in [6.45, 7) is 0. The Bertz CT molecular complexity index is 1080. The third-order valence-electron chi connectivity index (χ3n) is 5.03. The highest BCUT2D eigenvalue weighted by molar-refractivity contribution is 6.31. The van der Waals surface area contributed by atoms with E-state index in [0.717, 1.165) is 25.0 Å². The molecule has 0 aromatic carbocycles. The molecule has 1 aliphatic rings. The summed E-state index contributed by atoms with van der Waals surface area (Å²) in [7, 11) is 0. The first kappa shape index (κ1) is 20.3. The van der Waals surface area contributed by atoms with Gasteiger partial charge in [-0.1, -0.05) is 23.2 Å². The van der Waals surface area contributed by atoms with Gasteiger partial charge in [-0.05, 0) is 49.6 Å². The van der Waals surface area contributed by atoms with Crippen molar-refractivity contribution in [2.24, 2.45) is 0 Å². The van der Waals surface area contributed by atoms with E-state index in [1.165, 1.54) is 24.7 Å². The average Bonchev–Trinajstić information content (AvgIpc) is 2.72. The van der Waals surface area contributed by atoms with Gasteiger partial charge in [0.1, 0.15) is 5.15 Å². The van der Waals surface area contributed by atoms with E-state index in [-0.39, 0.29) is 11.8 Å². The predicted octanol–water partition coefficient (Wildman–Crippen LogP) is 4.24. The Balaban J connectivity index is 1.47. The van der Waals surface area contributed by atoms with Crippen LogP contribution in [0.5, 0.6) is 0 Å². The summed E-state index contributed by atoms with van der Waals surface area (Å²) in [5.41, 5.74) is 1.53. The molecule has 0 unspecified atom stereocenters. The Labute approximate surface area is 182 Å². The van der Waals surface area contributed by atoms with Gasteiger partial charge in [-0.2, -0.15) is 0 Å². The van der Waals surface area contributed by atoms with E-state index in [1.54, 1.807) is 24.4 Å². The molecule has 152 valence electrons. The molecule has 1 saturated carbocycles. The summed E-state index contributed by atoms with van der Waals surface area (Å²) in [5, 5.41) is 6.56. The maximum Gasteiger partial charge on any atom is 0.257 e. The number of rotatable bonds is 5. The van der Waals surface area contributed by atoms with Gasteiger partial charge in [0.2, 0.25) is 0 Å². The van der Waals surface area contributed by atoms with Crippen molar-refractivity contribution in [2.45, 2.75) is 24.8 Å². The lowest BCUT2D eigenvalue weighted by Crippen LogP contribution is -2.51. The van der Waals surface area contributed by atoms with E-state index >= 15 is 0 Å². The second-order valence-corrected chi connectivity index (χ2v) is 7.86. The number of aromatic nitrogens is 3. The SMILES string of the molecule is O=C(Nc1ccc(C2(NC(=O)c3ccc(Cl)nc3)CCC2)nc1)c1cncc(Cl)c1. The molecular formula is C21H17Cl2N5O2. The number of hydrogen-bond acceptors (Lipinski definition) is 5. The van der Waals surface area contributed by atoms with Crippen molar-refractivity contribution in [2.75, 3.05) is 5.32 Å². The minimum absolute atomic E-state index is 0.230. The molecule has 0 aliphatic heterocycles. The number of halogens is 2. The minimum Gasteiger partial charge on any atom is -0.341 e. The predicted molar refractivity (Wildman–Crippen MR) is 114 cm³/mol. The number of pyridine rings is 3. The number of hydrogen-bond donors (Lipinski definition) is 2. The molecule has 0 spiro atoms. The van der Waals surface area contributed by atoms with Crippen molar-refractivity contribution in [3.63, 3.8) is 0 Å². The van der Waals surface area contributed by atoms with Crippen LogP contribution in [0.1, 0.15) is 45.7 Å². The van der Waals surface area contributed by atoms with E-state index in [9.17, 15) is 9.59 Å². The maximum atomic E-state index is 12.6. The molecule has 3 heterocycles. The van der Waals surface area contributed by atoms with E-state index < -0.39 is 5.54 Å². The van der Waals surface area contributed by atoms with Crippen LogP contribution in [0.25, 0.3) is 0 Å². The number of amides is 2. The summed E-state index contributed by atoms with van der Waals surface area (Å²) < 4.78 is 0. The maximum absolute atomic E-state index is 12.6. The second-order valence-electron chi connectivity index (χ2n) is 7.04. The molecule has 3 aromatic heterocycles. The van der Waals surface area contributed by atoms with E-state index in [1.807, 2.05) is 6.07 Å². The first-order valence-corrected chi connectivity index (χ1v) is 10.0. The second kappa shape index (κ2) is 8.38. The molecule has 1 fully saturated rings. The first-order valence-electron chi connectivity index (χ1n) is 9.28. The Morgan fingerprint density at radius 1 is 0.900 bits per heavy atom. The third kappa shape index (κ3) is 4.27. The summed E-state index contributed by atoms with van der Waals surface area (Å²) in [5.74, 6) is -0.562. The van der Waals surface area contributed by atoms with Gasteiger partial charge in [0.05, 0.1) is 39.3 Å². The zero-order valence-corrected chi connectivity index (χ0v) is 17.2. The van der Waals surface area contributed by atoms with Crippen LogP contribution in [-0.4, -0.2) is 26.8 Å². The number of anilines is 1. The van der Waals surface area contributed by atoms with E-state index in [2.05, 4.69) is 25.6 Å². The molecule has 7 nitrogen and oxygen atoms in total. The fourth-order valence-corrected chi connectivity index (χ4v) is 3.55. The highest BCUT2D eigenvalue weighted by Gasteiger charge is 2.41. The molecule has 4 rings (SSSR count). The normalized spacial score (nSPS) is 14.5. The van der Waals surface area contributed by atoms with Crippen molar-refractivity contribution < 1.29 is 9.59 Å². The molecule has 0 bridgehead atoms. The molecule has 0 atom stereocenters. The van der Waals surface area contributed by atoms with Gasteiger partial charge in [0.15, 0.2) is 0 Å². The van der Waals surface area contributed by atoms with Crippen LogP contribution >= 0.6 is 23.2 Å². The van der Waals surface area contributed by atoms with Crippen LogP contribution in [0.2, 0.25) is 10.2 Å². The lowest BCUT2D eigenvalue weighted by Gasteiger charge is -2.42. The highest BCUT2D eigenvalue weighted by atomic mass is 35.5. The lowest BCUT2D eigenvalue weighted by atomic mass is 9.74. The van der Waals surface area contributed by atoms with E-state index in [0.29, 0.717) is 27.0 Å². The zero-order chi connectivity index (χ0) is 21.1. The van der Waals surface area contributed by atoms with Crippen molar-refractivity contribution in [3.05, 3.63) is 82.1 Å². The number of nitrogens with one attached hydrogen (secondary N) is 2. The molecule has 2 N–H and O–H groups in total. The number of carbonyl (C=O) groups is 2. The summed E-state index contributed by atoms with van der Waals surface area (Å²) in [4.78, 5) is 37.3. The topological polar surface area (TPSA) is 96.9 Å². The standard InChI is InChI=1S/C21H17Cl2N5O2/c22-15-8-14(9-24-11-15)19(29)27-16-3-4-17(25-12-16)21(6-1-7-21)28-20(30)13-2-5-18(23)26-10-13/h2-5,8-12H,1,6-7H2,(H,27,29)(H,28,30). The Kier molecular flexibility index (Phi) is 5.65. The van der Waals surface area contributed by atoms with Crippen molar-refractivity contribution in [1.82, 2.24) is 20.3 Å². The Morgan fingerprint density at radius 3 is 2.33 bits per heavy atom. The van der Waals surface area contributed by atoms with Crippen molar-refractivity contribution >= 4 is 40.7 Å². The third-order valence-corrected chi connectivity index (χ3v) is 5.46. The smallest absolute Gasteiger partial charge is 0.257 e. The summed E-state index contributed by atoms with van der Waals surface area (Å²) >= 11 is 11.7. The molecule has 9 heteroatoms. The fourth-order valence-electron chi connectivity index (χ4n) is 3.27. The largest absolute Gasteiger partial charge is 0.341 e. The Morgan fingerprint density at radius 2 is 1.73 bits per heavy atom.